The molecule has 0 bridgehead atoms. The number of rotatable bonds is 3. The van der Waals surface area contributed by atoms with E-state index in [1.807, 2.05) is 19.9 Å². The maximum atomic E-state index is 12.9. The van der Waals surface area contributed by atoms with Crippen molar-refractivity contribution < 1.29 is 29.6 Å². The average Bonchev–Trinajstić information content (AvgIpc) is 2.57. The van der Waals surface area contributed by atoms with Gasteiger partial charge in [0.1, 0.15) is 17.8 Å². The van der Waals surface area contributed by atoms with Crippen LogP contribution < -0.4 is 9.47 Å². The van der Waals surface area contributed by atoms with Crippen LogP contribution in [0.15, 0.2) is 41.4 Å². The number of allylic oxidation sites excluding steroid dienone is 3. The first kappa shape index (κ1) is 17.0. The molecule has 3 rings (SSSR count). The summed E-state index contributed by atoms with van der Waals surface area (Å²) in [4.78, 5) is 12.9. The van der Waals surface area contributed by atoms with Gasteiger partial charge < -0.3 is 24.8 Å². The molecule has 0 saturated heterocycles. The number of hydrogen-bond donors (Lipinski definition) is 3. The first-order valence-electron chi connectivity index (χ1n) is 7.92. The van der Waals surface area contributed by atoms with Crippen LogP contribution in [0.1, 0.15) is 29.8 Å². The summed E-state index contributed by atoms with van der Waals surface area (Å²) in [6, 6.07) is 1.55. The van der Waals surface area contributed by atoms with Crippen LogP contribution in [0.2, 0.25) is 0 Å². The summed E-state index contributed by atoms with van der Waals surface area (Å²) >= 11 is 0. The number of aliphatic hydroxyl groups excluding tert-OH is 2. The molecule has 1 aliphatic carbocycles. The van der Waals surface area contributed by atoms with Gasteiger partial charge in [0.15, 0.2) is 23.0 Å². The predicted octanol–water partition coefficient (Wildman–Crippen LogP) is 3.37. The van der Waals surface area contributed by atoms with Crippen molar-refractivity contribution in [3.63, 3.8) is 0 Å². The number of carbonyl (C=O) groups is 1. The Morgan fingerprint density at radius 3 is 2.68 bits per heavy atom. The van der Waals surface area contributed by atoms with Gasteiger partial charge in [0, 0.05) is 5.56 Å². The molecule has 1 aromatic carbocycles. The van der Waals surface area contributed by atoms with Gasteiger partial charge in [-0.15, -0.1) is 0 Å². The van der Waals surface area contributed by atoms with E-state index in [0.29, 0.717) is 12.0 Å². The van der Waals surface area contributed by atoms with Crippen molar-refractivity contribution in [2.24, 2.45) is 5.92 Å². The highest BCUT2D eigenvalue weighted by Gasteiger charge is 2.43. The van der Waals surface area contributed by atoms with Crippen molar-refractivity contribution in [1.82, 2.24) is 0 Å². The quantitative estimate of drug-likeness (QED) is 0.728. The highest BCUT2D eigenvalue weighted by atomic mass is 16.5. The van der Waals surface area contributed by atoms with Gasteiger partial charge in [-0.25, -0.2) is 0 Å². The van der Waals surface area contributed by atoms with Crippen molar-refractivity contribution in [2.45, 2.75) is 26.4 Å². The minimum atomic E-state index is -1.01. The van der Waals surface area contributed by atoms with Gasteiger partial charge >= 0.3 is 0 Å². The van der Waals surface area contributed by atoms with Crippen LogP contribution in [0.4, 0.5) is 0 Å². The number of aromatic hydroxyl groups is 1. The van der Waals surface area contributed by atoms with Gasteiger partial charge in [0.05, 0.1) is 12.7 Å². The van der Waals surface area contributed by atoms with E-state index in [-0.39, 0.29) is 28.6 Å². The highest BCUT2D eigenvalue weighted by Crippen LogP contribution is 2.48. The Kier molecular flexibility index (Phi) is 4.20. The molecular formula is C19H20O6. The molecule has 0 radical (unpaired) electrons. The number of phenols is 1. The summed E-state index contributed by atoms with van der Waals surface area (Å²) in [5.74, 6) is -2.01. The fourth-order valence-corrected chi connectivity index (χ4v) is 3.02. The van der Waals surface area contributed by atoms with Crippen molar-refractivity contribution in [1.29, 1.82) is 0 Å². The number of phenolic OH excluding ortho intramolecular Hbond substituents is 1. The predicted molar refractivity (Wildman–Crippen MR) is 91.5 cm³/mol. The highest BCUT2D eigenvalue weighted by molar-refractivity contribution is 6.05. The van der Waals surface area contributed by atoms with E-state index in [1.54, 1.807) is 6.07 Å². The lowest BCUT2D eigenvalue weighted by atomic mass is 9.83. The summed E-state index contributed by atoms with van der Waals surface area (Å²) in [7, 11) is 1.39. The molecule has 0 amide bonds. The number of hydrogen-bond acceptors (Lipinski definition) is 6. The number of methoxy groups -OCH3 is 1. The van der Waals surface area contributed by atoms with Crippen LogP contribution >= 0.6 is 0 Å². The fourth-order valence-electron chi connectivity index (χ4n) is 3.02. The third-order valence-corrected chi connectivity index (χ3v) is 4.35. The minimum absolute atomic E-state index is 0.0765. The lowest BCUT2D eigenvalue weighted by molar-refractivity contribution is 0.0698. The molecule has 1 heterocycles. The molecule has 2 aliphatic rings. The lowest BCUT2D eigenvalue weighted by Crippen LogP contribution is -2.39. The summed E-state index contributed by atoms with van der Waals surface area (Å²) in [6.07, 6.45) is 4.35. The van der Waals surface area contributed by atoms with Crippen molar-refractivity contribution in [3.8, 4) is 17.2 Å². The Labute approximate surface area is 145 Å². The SMILES string of the molecule is COc1c(O)c(CC=C(C)C)cc2c1OC1C=CC(O)=C(O)C1C2=O. The van der Waals surface area contributed by atoms with E-state index < -0.39 is 23.6 Å². The van der Waals surface area contributed by atoms with Gasteiger partial charge in [-0.2, -0.15) is 0 Å². The fraction of sp³-hybridized carbons (Fsp3) is 0.316. The van der Waals surface area contributed by atoms with Crippen LogP contribution in [0, 0.1) is 5.92 Å². The van der Waals surface area contributed by atoms with Gasteiger partial charge in [0.25, 0.3) is 0 Å². The topological polar surface area (TPSA) is 96.2 Å². The molecule has 132 valence electrons. The van der Waals surface area contributed by atoms with Crippen LogP contribution in [-0.4, -0.2) is 34.3 Å². The number of fused-ring (bicyclic) bond motifs is 2. The molecule has 0 aromatic heterocycles. The maximum absolute atomic E-state index is 12.9. The number of benzene rings is 1. The Bertz CT molecular complexity index is 827. The van der Waals surface area contributed by atoms with Gasteiger partial charge in [-0.05, 0) is 38.5 Å². The van der Waals surface area contributed by atoms with E-state index >= 15 is 0 Å². The number of ether oxygens (including phenoxy) is 2. The Balaban J connectivity index is 2.15. The monoisotopic (exact) mass is 344 g/mol. The second kappa shape index (κ2) is 6.20. The zero-order chi connectivity index (χ0) is 18.3. The molecule has 3 N–H and O–H groups in total. The first-order chi connectivity index (χ1) is 11.8. The summed E-state index contributed by atoms with van der Waals surface area (Å²) < 4.78 is 11.1. The lowest BCUT2D eigenvalue weighted by Gasteiger charge is -2.33. The third-order valence-electron chi connectivity index (χ3n) is 4.35. The minimum Gasteiger partial charge on any atom is -0.508 e. The molecule has 0 fully saturated rings. The first-order valence-corrected chi connectivity index (χ1v) is 7.92. The maximum Gasteiger partial charge on any atom is 0.204 e. The molecule has 25 heavy (non-hydrogen) atoms. The van der Waals surface area contributed by atoms with Gasteiger partial charge in [-0.3, -0.25) is 4.79 Å². The van der Waals surface area contributed by atoms with Crippen molar-refractivity contribution >= 4 is 5.78 Å². The molecule has 1 aliphatic heterocycles. The zero-order valence-corrected chi connectivity index (χ0v) is 14.2. The number of Topliss-reactive ketones (excluding diaryl/α,β-unsaturated/α-hetero) is 1. The number of aliphatic hydroxyl groups is 2. The molecule has 6 heteroatoms. The molecule has 0 spiro atoms. The van der Waals surface area contributed by atoms with E-state index in [4.69, 9.17) is 9.47 Å². The van der Waals surface area contributed by atoms with Crippen LogP contribution in [0.5, 0.6) is 17.2 Å². The second-order valence-corrected chi connectivity index (χ2v) is 6.33. The van der Waals surface area contributed by atoms with E-state index in [1.165, 1.54) is 19.3 Å². The van der Waals surface area contributed by atoms with Gasteiger partial charge in [-0.1, -0.05) is 11.6 Å². The second-order valence-electron chi connectivity index (χ2n) is 6.33. The average molecular weight is 344 g/mol. The van der Waals surface area contributed by atoms with E-state index in [9.17, 15) is 20.1 Å². The van der Waals surface area contributed by atoms with Gasteiger partial charge in [0.2, 0.25) is 5.75 Å². The molecular weight excluding hydrogens is 324 g/mol. The molecule has 2 atom stereocenters. The van der Waals surface area contributed by atoms with E-state index in [0.717, 1.165) is 5.57 Å². The molecule has 0 saturated carbocycles. The van der Waals surface area contributed by atoms with Crippen LogP contribution in [0.25, 0.3) is 0 Å². The third kappa shape index (κ3) is 2.73. The number of carbonyl (C=O) groups excluding carboxylic acids is 1. The summed E-state index contributed by atoms with van der Waals surface area (Å²) in [5, 5.41) is 30.2. The Morgan fingerprint density at radius 1 is 1.32 bits per heavy atom. The van der Waals surface area contributed by atoms with E-state index in [2.05, 4.69) is 0 Å². The Morgan fingerprint density at radius 2 is 2.04 bits per heavy atom. The molecule has 6 nitrogen and oxygen atoms in total. The van der Waals surface area contributed by atoms with Crippen LogP contribution in [0.3, 0.4) is 0 Å². The summed E-state index contributed by atoms with van der Waals surface area (Å²) in [5.41, 5.74) is 1.80. The number of ketones is 1. The summed E-state index contributed by atoms with van der Waals surface area (Å²) in [6.45, 7) is 3.87. The van der Waals surface area contributed by atoms with Crippen molar-refractivity contribution in [3.05, 3.63) is 52.5 Å². The molecule has 1 aromatic rings. The smallest absolute Gasteiger partial charge is 0.204 e. The van der Waals surface area contributed by atoms with Crippen LogP contribution in [-0.2, 0) is 6.42 Å². The zero-order valence-electron chi connectivity index (χ0n) is 14.2. The Hall–Kier alpha value is -2.89. The van der Waals surface area contributed by atoms with Crippen molar-refractivity contribution in [2.75, 3.05) is 7.11 Å². The normalized spacial score (nSPS) is 21.3. The standard InChI is InChI=1S/C19H20O6/c1-9(2)4-5-10-8-11-16(22)14-13(7-6-12(20)17(14)23)25-18(11)19(24-3)15(10)21/h4,6-8,13-14,20-21,23H,5H2,1-3H3. The largest absolute Gasteiger partial charge is 0.508 e. The molecule has 2 unspecified atom stereocenters.